The van der Waals surface area contributed by atoms with Gasteiger partial charge in [0.2, 0.25) is 0 Å². The Morgan fingerprint density at radius 2 is 1.79 bits per heavy atom. The average Bonchev–Trinajstić information content (AvgIpc) is 3.10. The molecule has 7 heteroatoms. The number of aromatic nitrogens is 3. The molecule has 2 fully saturated rings. The third-order valence-electron chi connectivity index (χ3n) is 4.99. The predicted molar refractivity (Wildman–Crippen MR) is 89.2 cm³/mol. The molecule has 0 radical (unpaired) electrons. The molecule has 0 spiro atoms. The highest BCUT2D eigenvalue weighted by Crippen LogP contribution is 2.34. The molecule has 2 aromatic rings. The van der Waals surface area contributed by atoms with Crippen molar-refractivity contribution >= 4 is 5.69 Å². The van der Waals surface area contributed by atoms with Crippen molar-refractivity contribution in [2.24, 2.45) is 0 Å². The second-order valence-electron chi connectivity index (χ2n) is 6.74. The van der Waals surface area contributed by atoms with Crippen LogP contribution < -0.4 is 0 Å². The maximum atomic E-state index is 10.7. The quantitative estimate of drug-likeness (QED) is 0.601. The van der Waals surface area contributed by atoms with Crippen LogP contribution in [-0.4, -0.2) is 36.7 Å². The smallest absolute Gasteiger partial charge is 0.269 e. The highest BCUT2D eigenvalue weighted by Gasteiger charge is 2.35. The van der Waals surface area contributed by atoms with Crippen molar-refractivity contribution in [2.75, 3.05) is 0 Å². The second-order valence-corrected chi connectivity index (χ2v) is 6.74. The van der Waals surface area contributed by atoms with Crippen molar-refractivity contribution in [3.8, 4) is 11.4 Å². The van der Waals surface area contributed by atoms with Crippen LogP contribution in [0, 0.1) is 10.1 Å². The van der Waals surface area contributed by atoms with Crippen LogP contribution in [0.1, 0.15) is 38.5 Å². The van der Waals surface area contributed by atoms with Gasteiger partial charge in [0.25, 0.3) is 5.69 Å². The maximum absolute atomic E-state index is 10.7. The van der Waals surface area contributed by atoms with Gasteiger partial charge < -0.3 is 0 Å². The molecule has 0 aliphatic heterocycles. The SMILES string of the molecule is O=[N+]([O-])c1ccc(-c2ncn(CN(C3CCCC3)C3CC3)n2)cc1. The van der Waals surface area contributed by atoms with Crippen molar-refractivity contribution in [2.45, 2.75) is 57.3 Å². The van der Waals surface area contributed by atoms with E-state index in [9.17, 15) is 10.1 Å². The van der Waals surface area contributed by atoms with Gasteiger partial charge in [0.1, 0.15) is 6.33 Å². The number of hydrogen-bond acceptors (Lipinski definition) is 5. The summed E-state index contributed by atoms with van der Waals surface area (Å²) in [7, 11) is 0. The Kier molecular flexibility index (Phi) is 4.02. The van der Waals surface area contributed by atoms with Crippen molar-refractivity contribution in [1.29, 1.82) is 0 Å². The summed E-state index contributed by atoms with van der Waals surface area (Å²) in [5.74, 6) is 0.618. The Hall–Kier alpha value is -2.28. The summed E-state index contributed by atoms with van der Waals surface area (Å²) in [6, 6.07) is 7.78. The minimum atomic E-state index is -0.398. The molecule has 2 saturated carbocycles. The topological polar surface area (TPSA) is 77.1 Å². The molecule has 7 nitrogen and oxygen atoms in total. The number of rotatable bonds is 6. The molecular weight excluding hydrogens is 306 g/mol. The lowest BCUT2D eigenvalue weighted by Crippen LogP contribution is -2.37. The summed E-state index contributed by atoms with van der Waals surface area (Å²) in [5.41, 5.74) is 0.887. The Balaban J connectivity index is 1.48. The van der Waals surface area contributed by atoms with Crippen LogP contribution in [-0.2, 0) is 6.67 Å². The van der Waals surface area contributed by atoms with Crippen LogP contribution in [0.25, 0.3) is 11.4 Å². The zero-order valence-electron chi connectivity index (χ0n) is 13.5. The number of non-ortho nitro benzene ring substituents is 1. The minimum Gasteiger partial charge on any atom is -0.278 e. The molecule has 0 N–H and O–H groups in total. The van der Waals surface area contributed by atoms with E-state index in [0.29, 0.717) is 17.9 Å². The Bertz CT molecular complexity index is 717. The predicted octanol–water partition coefficient (Wildman–Crippen LogP) is 3.22. The summed E-state index contributed by atoms with van der Waals surface area (Å²) in [6.45, 7) is 0.787. The van der Waals surface area contributed by atoms with Crippen LogP contribution in [0.5, 0.6) is 0 Å². The van der Waals surface area contributed by atoms with Crippen LogP contribution >= 0.6 is 0 Å². The van der Waals surface area contributed by atoms with E-state index in [1.54, 1.807) is 18.5 Å². The molecule has 1 aromatic heterocycles. The van der Waals surface area contributed by atoms with E-state index < -0.39 is 4.92 Å². The molecular formula is C17H21N5O2. The van der Waals surface area contributed by atoms with E-state index >= 15 is 0 Å². The maximum Gasteiger partial charge on any atom is 0.269 e. The fraction of sp³-hybridized carbons (Fsp3) is 0.529. The van der Waals surface area contributed by atoms with Gasteiger partial charge in [-0.15, -0.1) is 5.10 Å². The minimum absolute atomic E-state index is 0.0827. The van der Waals surface area contributed by atoms with Gasteiger partial charge in [0.05, 0.1) is 11.6 Å². The first-order chi connectivity index (χ1) is 11.7. The molecule has 0 atom stereocenters. The van der Waals surface area contributed by atoms with E-state index in [-0.39, 0.29) is 5.69 Å². The van der Waals surface area contributed by atoms with Crippen LogP contribution in [0.4, 0.5) is 5.69 Å². The van der Waals surface area contributed by atoms with Crippen molar-refractivity contribution < 1.29 is 4.92 Å². The van der Waals surface area contributed by atoms with E-state index in [1.807, 2.05) is 4.68 Å². The van der Waals surface area contributed by atoms with E-state index in [2.05, 4.69) is 15.0 Å². The van der Waals surface area contributed by atoms with Crippen molar-refractivity contribution in [3.05, 3.63) is 40.7 Å². The number of benzene rings is 1. The zero-order chi connectivity index (χ0) is 16.5. The largest absolute Gasteiger partial charge is 0.278 e. The highest BCUT2D eigenvalue weighted by molar-refractivity contribution is 5.56. The zero-order valence-corrected chi connectivity index (χ0v) is 13.5. The second kappa shape index (κ2) is 6.32. The molecule has 0 amide bonds. The number of nitro groups is 1. The molecule has 2 aliphatic carbocycles. The molecule has 4 rings (SSSR count). The van der Waals surface area contributed by atoms with Gasteiger partial charge in [0.15, 0.2) is 5.82 Å². The van der Waals surface area contributed by atoms with Crippen LogP contribution in [0.2, 0.25) is 0 Å². The number of hydrogen-bond donors (Lipinski definition) is 0. The standard InChI is InChI=1S/C17H21N5O2/c23-22(24)16-7-5-13(6-8-16)17-18-11-20(19-17)12-21(15-9-10-15)14-3-1-2-4-14/h5-8,11,14-15H,1-4,9-10,12H2. The first-order valence-corrected chi connectivity index (χ1v) is 8.61. The average molecular weight is 327 g/mol. The molecule has 1 aromatic carbocycles. The molecule has 0 bridgehead atoms. The molecule has 1 heterocycles. The summed E-state index contributed by atoms with van der Waals surface area (Å²) < 4.78 is 1.90. The molecule has 0 saturated heterocycles. The lowest BCUT2D eigenvalue weighted by molar-refractivity contribution is -0.384. The normalized spacial score (nSPS) is 18.4. The van der Waals surface area contributed by atoms with Gasteiger partial charge in [-0.2, -0.15) is 0 Å². The van der Waals surface area contributed by atoms with Crippen LogP contribution in [0.3, 0.4) is 0 Å². The van der Waals surface area contributed by atoms with Gasteiger partial charge in [-0.05, 0) is 37.8 Å². The fourth-order valence-electron chi connectivity index (χ4n) is 3.57. The van der Waals surface area contributed by atoms with Gasteiger partial charge >= 0.3 is 0 Å². The van der Waals surface area contributed by atoms with Crippen molar-refractivity contribution in [3.63, 3.8) is 0 Å². The van der Waals surface area contributed by atoms with E-state index in [4.69, 9.17) is 0 Å². The van der Waals surface area contributed by atoms with E-state index in [0.717, 1.165) is 12.2 Å². The molecule has 126 valence electrons. The Morgan fingerprint density at radius 1 is 1.12 bits per heavy atom. The van der Waals surface area contributed by atoms with Crippen LogP contribution in [0.15, 0.2) is 30.6 Å². The molecule has 0 unspecified atom stereocenters. The summed E-state index contributed by atoms with van der Waals surface area (Å²) in [5, 5.41) is 15.3. The Morgan fingerprint density at radius 3 is 2.42 bits per heavy atom. The van der Waals surface area contributed by atoms with Crippen molar-refractivity contribution in [1.82, 2.24) is 19.7 Å². The summed E-state index contributed by atoms with van der Waals surface area (Å²) >= 11 is 0. The fourth-order valence-corrected chi connectivity index (χ4v) is 3.57. The molecule has 24 heavy (non-hydrogen) atoms. The van der Waals surface area contributed by atoms with Gasteiger partial charge in [-0.25, -0.2) is 9.67 Å². The summed E-state index contributed by atoms with van der Waals surface area (Å²) in [4.78, 5) is 17.3. The number of nitrogens with zero attached hydrogens (tertiary/aromatic N) is 5. The van der Waals surface area contributed by atoms with Gasteiger partial charge in [-0.1, -0.05) is 12.8 Å². The summed E-state index contributed by atoms with van der Waals surface area (Å²) in [6.07, 6.45) is 9.60. The first-order valence-electron chi connectivity index (χ1n) is 8.61. The monoisotopic (exact) mass is 327 g/mol. The highest BCUT2D eigenvalue weighted by atomic mass is 16.6. The molecule has 2 aliphatic rings. The van der Waals surface area contributed by atoms with Gasteiger partial charge in [-0.3, -0.25) is 15.0 Å². The van der Waals surface area contributed by atoms with Gasteiger partial charge in [0, 0.05) is 29.8 Å². The number of nitro benzene ring substituents is 1. The first kappa shape index (κ1) is 15.3. The Labute approximate surface area is 140 Å². The third-order valence-corrected chi connectivity index (χ3v) is 4.99. The van der Waals surface area contributed by atoms with E-state index in [1.165, 1.54) is 50.7 Å². The lowest BCUT2D eigenvalue weighted by Gasteiger charge is -2.28. The third kappa shape index (κ3) is 3.17. The lowest BCUT2D eigenvalue weighted by atomic mass is 10.2.